The SMILES string of the molecule is Br.Cc1ccc(C2CCCNC2)cc1O. The van der Waals surface area contributed by atoms with Crippen molar-refractivity contribution in [1.29, 1.82) is 0 Å². The molecule has 1 saturated heterocycles. The van der Waals surface area contributed by atoms with E-state index in [9.17, 15) is 5.11 Å². The normalized spacial score (nSPS) is 20.7. The second kappa shape index (κ2) is 5.52. The Labute approximate surface area is 101 Å². The van der Waals surface area contributed by atoms with Gasteiger partial charge < -0.3 is 10.4 Å². The first-order chi connectivity index (χ1) is 6.77. The molecule has 2 nitrogen and oxygen atoms in total. The third-order valence-corrected chi connectivity index (χ3v) is 3.00. The van der Waals surface area contributed by atoms with E-state index in [-0.39, 0.29) is 17.0 Å². The van der Waals surface area contributed by atoms with Crippen LogP contribution >= 0.6 is 17.0 Å². The molecular weight excluding hydrogens is 254 g/mol. The first-order valence-electron chi connectivity index (χ1n) is 5.27. The monoisotopic (exact) mass is 271 g/mol. The van der Waals surface area contributed by atoms with E-state index >= 15 is 0 Å². The quantitative estimate of drug-likeness (QED) is 0.824. The highest BCUT2D eigenvalue weighted by Gasteiger charge is 2.15. The van der Waals surface area contributed by atoms with Crippen LogP contribution in [0.1, 0.15) is 29.9 Å². The number of phenolic OH excluding ortho intramolecular Hbond substituents is 1. The first kappa shape index (κ1) is 12.5. The zero-order chi connectivity index (χ0) is 9.97. The molecule has 1 aliphatic heterocycles. The summed E-state index contributed by atoms with van der Waals surface area (Å²) in [5.41, 5.74) is 2.22. The van der Waals surface area contributed by atoms with E-state index in [0.29, 0.717) is 11.7 Å². The maximum atomic E-state index is 9.61. The maximum Gasteiger partial charge on any atom is 0.118 e. The molecule has 1 aromatic rings. The van der Waals surface area contributed by atoms with Gasteiger partial charge in [0.05, 0.1) is 0 Å². The molecule has 1 unspecified atom stereocenters. The zero-order valence-corrected chi connectivity index (χ0v) is 10.7. The van der Waals surface area contributed by atoms with Gasteiger partial charge in [-0.1, -0.05) is 12.1 Å². The Kier molecular flexibility index (Phi) is 4.61. The predicted molar refractivity (Wildman–Crippen MR) is 68.0 cm³/mol. The molecule has 2 N–H and O–H groups in total. The second-order valence-corrected chi connectivity index (χ2v) is 4.09. The number of aryl methyl sites for hydroxylation is 1. The summed E-state index contributed by atoms with van der Waals surface area (Å²) in [6.45, 7) is 4.11. The van der Waals surface area contributed by atoms with Crippen LogP contribution in [0.5, 0.6) is 5.75 Å². The number of halogens is 1. The number of hydrogen-bond donors (Lipinski definition) is 2. The van der Waals surface area contributed by atoms with Crippen LogP contribution in [-0.4, -0.2) is 18.2 Å². The summed E-state index contributed by atoms with van der Waals surface area (Å²) in [6.07, 6.45) is 2.47. The molecule has 3 heteroatoms. The van der Waals surface area contributed by atoms with Gasteiger partial charge in [0.1, 0.15) is 5.75 Å². The minimum absolute atomic E-state index is 0. The molecule has 1 atom stereocenters. The number of rotatable bonds is 1. The number of hydrogen-bond acceptors (Lipinski definition) is 2. The third kappa shape index (κ3) is 2.95. The van der Waals surface area contributed by atoms with Crippen molar-refractivity contribution >= 4 is 17.0 Å². The maximum absolute atomic E-state index is 9.61. The molecule has 1 fully saturated rings. The van der Waals surface area contributed by atoms with Gasteiger partial charge >= 0.3 is 0 Å². The first-order valence-corrected chi connectivity index (χ1v) is 5.27. The summed E-state index contributed by atoms with van der Waals surface area (Å²) in [4.78, 5) is 0. The van der Waals surface area contributed by atoms with Gasteiger partial charge in [0, 0.05) is 6.54 Å². The molecule has 0 amide bonds. The van der Waals surface area contributed by atoms with Gasteiger partial charge in [0.25, 0.3) is 0 Å². The highest BCUT2D eigenvalue weighted by Crippen LogP contribution is 2.27. The lowest BCUT2D eigenvalue weighted by Crippen LogP contribution is -2.28. The summed E-state index contributed by atoms with van der Waals surface area (Å²) in [7, 11) is 0. The van der Waals surface area contributed by atoms with Gasteiger partial charge in [0.2, 0.25) is 0 Å². The van der Waals surface area contributed by atoms with E-state index in [0.717, 1.165) is 18.7 Å². The summed E-state index contributed by atoms with van der Waals surface area (Å²) in [6, 6.07) is 6.04. The number of aromatic hydroxyl groups is 1. The van der Waals surface area contributed by atoms with Crippen LogP contribution in [0.2, 0.25) is 0 Å². The van der Waals surface area contributed by atoms with E-state index < -0.39 is 0 Å². The molecule has 0 radical (unpaired) electrons. The van der Waals surface area contributed by atoms with Gasteiger partial charge in [-0.3, -0.25) is 0 Å². The number of phenols is 1. The van der Waals surface area contributed by atoms with Crippen molar-refractivity contribution in [2.75, 3.05) is 13.1 Å². The second-order valence-electron chi connectivity index (χ2n) is 4.09. The fraction of sp³-hybridized carbons (Fsp3) is 0.500. The molecular formula is C12H18BrNO. The molecule has 1 aromatic carbocycles. The highest BCUT2D eigenvalue weighted by molar-refractivity contribution is 8.93. The zero-order valence-electron chi connectivity index (χ0n) is 8.99. The molecule has 0 aromatic heterocycles. The molecule has 0 saturated carbocycles. The van der Waals surface area contributed by atoms with E-state index in [1.807, 2.05) is 19.1 Å². The lowest BCUT2D eigenvalue weighted by atomic mass is 9.91. The lowest BCUT2D eigenvalue weighted by molar-refractivity contribution is 0.451. The van der Waals surface area contributed by atoms with Crippen molar-refractivity contribution in [3.63, 3.8) is 0 Å². The van der Waals surface area contributed by atoms with E-state index in [1.54, 1.807) is 0 Å². The molecule has 84 valence electrons. The average molecular weight is 272 g/mol. The van der Waals surface area contributed by atoms with Crippen molar-refractivity contribution in [2.24, 2.45) is 0 Å². The number of piperidine rings is 1. The molecule has 1 heterocycles. The molecule has 0 aliphatic carbocycles. The van der Waals surface area contributed by atoms with E-state index in [4.69, 9.17) is 0 Å². The Bertz CT molecular complexity index is 321. The lowest BCUT2D eigenvalue weighted by Gasteiger charge is -2.23. The molecule has 2 rings (SSSR count). The topological polar surface area (TPSA) is 32.3 Å². The van der Waals surface area contributed by atoms with Crippen molar-refractivity contribution in [3.05, 3.63) is 29.3 Å². The summed E-state index contributed by atoms with van der Waals surface area (Å²) in [5, 5.41) is 13.0. The van der Waals surface area contributed by atoms with Crippen molar-refractivity contribution in [1.82, 2.24) is 5.32 Å². The molecule has 0 bridgehead atoms. The minimum atomic E-state index is 0. The Morgan fingerprint density at radius 1 is 1.40 bits per heavy atom. The van der Waals surface area contributed by atoms with Gasteiger partial charge in [-0.2, -0.15) is 0 Å². The largest absolute Gasteiger partial charge is 0.508 e. The summed E-state index contributed by atoms with van der Waals surface area (Å²) >= 11 is 0. The van der Waals surface area contributed by atoms with Gasteiger partial charge in [-0.15, -0.1) is 17.0 Å². The Morgan fingerprint density at radius 2 is 2.20 bits per heavy atom. The van der Waals surface area contributed by atoms with Crippen LogP contribution in [0.15, 0.2) is 18.2 Å². The number of benzene rings is 1. The number of nitrogens with one attached hydrogen (secondary N) is 1. The van der Waals surface area contributed by atoms with Gasteiger partial charge in [-0.05, 0) is 49.4 Å². The summed E-state index contributed by atoms with van der Waals surface area (Å²) < 4.78 is 0. The van der Waals surface area contributed by atoms with Crippen LogP contribution in [0, 0.1) is 6.92 Å². The average Bonchev–Trinajstić information content (AvgIpc) is 2.23. The van der Waals surface area contributed by atoms with Crippen molar-refractivity contribution in [2.45, 2.75) is 25.7 Å². The smallest absolute Gasteiger partial charge is 0.118 e. The van der Waals surface area contributed by atoms with Crippen LogP contribution in [0.25, 0.3) is 0 Å². The van der Waals surface area contributed by atoms with Crippen LogP contribution < -0.4 is 5.32 Å². The highest BCUT2D eigenvalue weighted by atomic mass is 79.9. The molecule has 1 aliphatic rings. The summed E-state index contributed by atoms with van der Waals surface area (Å²) in [5.74, 6) is 1.00. The third-order valence-electron chi connectivity index (χ3n) is 3.00. The van der Waals surface area contributed by atoms with Crippen molar-refractivity contribution in [3.8, 4) is 5.75 Å². The Morgan fingerprint density at radius 3 is 2.80 bits per heavy atom. The molecule has 0 spiro atoms. The van der Waals surface area contributed by atoms with Gasteiger partial charge in [0.15, 0.2) is 0 Å². The van der Waals surface area contributed by atoms with E-state index in [2.05, 4.69) is 11.4 Å². The van der Waals surface area contributed by atoms with Crippen LogP contribution in [0.3, 0.4) is 0 Å². The van der Waals surface area contributed by atoms with Crippen molar-refractivity contribution < 1.29 is 5.11 Å². The fourth-order valence-corrected chi connectivity index (χ4v) is 2.02. The standard InChI is InChI=1S/C12H17NO.BrH/c1-9-4-5-10(7-12(9)14)11-3-2-6-13-8-11;/h4-5,7,11,13-14H,2-3,6,8H2,1H3;1H. The Balaban J connectivity index is 0.00000112. The van der Waals surface area contributed by atoms with E-state index in [1.165, 1.54) is 18.4 Å². The van der Waals surface area contributed by atoms with Gasteiger partial charge in [-0.25, -0.2) is 0 Å². The fourth-order valence-electron chi connectivity index (χ4n) is 2.02. The van der Waals surface area contributed by atoms with Crippen LogP contribution in [-0.2, 0) is 0 Å². The minimum Gasteiger partial charge on any atom is -0.508 e. The molecule has 15 heavy (non-hydrogen) atoms. The van der Waals surface area contributed by atoms with Crippen LogP contribution in [0.4, 0.5) is 0 Å². The Hall–Kier alpha value is -0.540. The predicted octanol–water partition coefficient (Wildman–Crippen LogP) is 2.75.